The third-order valence-electron chi connectivity index (χ3n) is 4.45. The first kappa shape index (κ1) is 18.2. The molecule has 1 N–H and O–H groups in total. The Kier molecular flexibility index (Phi) is 6.08. The Morgan fingerprint density at radius 1 is 1.23 bits per heavy atom. The van der Waals surface area contributed by atoms with Gasteiger partial charge in [0.1, 0.15) is 11.6 Å². The lowest BCUT2D eigenvalue weighted by Gasteiger charge is -2.29. The summed E-state index contributed by atoms with van der Waals surface area (Å²) < 4.78 is 1.06. The third-order valence-corrected chi connectivity index (χ3v) is 5.22. The number of hydrogen-bond acceptors (Lipinski definition) is 3. The second-order valence-corrected chi connectivity index (χ2v) is 7.01. The van der Waals surface area contributed by atoms with Crippen molar-refractivity contribution in [1.82, 2.24) is 5.32 Å². The van der Waals surface area contributed by atoms with Gasteiger partial charge in [0.05, 0.1) is 0 Å². The number of carbonyl (C=O) groups excluding carboxylic acids is 1. The van der Waals surface area contributed by atoms with Gasteiger partial charge in [-0.1, -0.05) is 52.3 Å². The fourth-order valence-corrected chi connectivity index (χ4v) is 3.60. The van der Waals surface area contributed by atoms with Crippen LogP contribution in [0.1, 0.15) is 17.5 Å². The molecule has 2 aromatic carbocycles. The van der Waals surface area contributed by atoms with Gasteiger partial charge in [0.15, 0.2) is 0 Å². The molecule has 0 saturated carbocycles. The standard InChI is InChI=1S/C21H20BrN3O/c22-19-9-3-1-6-16(19)11-12-24-15-18(14-23)21(26)25-13-5-8-17-7-2-4-10-20(17)25/h1-4,6-7,9-10,15,24H,5,8,11-13H2/b18-15-. The predicted molar refractivity (Wildman–Crippen MR) is 107 cm³/mol. The van der Waals surface area contributed by atoms with Gasteiger partial charge in [-0.15, -0.1) is 0 Å². The number of anilines is 1. The normalized spacial score (nSPS) is 13.7. The van der Waals surface area contributed by atoms with Crippen molar-refractivity contribution in [3.8, 4) is 6.07 Å². The molecule has 132 valence electrons. The fourth-order valence-electron chi connectivity index (χ4n) is 3.11. The first-order valence-corrected chi connectivity index (χ1v) is 9.47. The number of halogens is 1. The van der Waals surface area contributed by atoms with Gasteiger partial charge in [-0.2, -0.15) is 5.26 Å². The Morgan fingerprint density at radius 3 is 2.81 bits per heavy atom. The highest BCUT2D eigenvalue weighted by Crippen LogP contribution is 2.27. The van der Waals surface area contributed by atoms with E-state index in [0.29, 0.717) is 13.1 Å². The van der Waals surface area contributed by atoms with Gasteiger partial charge < -0.3 is 10.2 Å². The lowest BCUT2D eigenvalue weighted by molar-refractivity contribution is -0.114. The molecule has 1 aliphatic heterocycles. The fraction of sp³-hybridized carbons (Fsp3) is 0.238. The summed E-state index contributed by atoms with van der Waals surface area (Å²) in [4.78, 5) is 14.5. The van der Waals surface area contributed by atoms with Crippen molar-refractivity contribution in [2.24, 2.45) is 0 Å². The lowest BCUT2D eigenvalue weighted by atomic mass is 10.0. The van der Waals surface area contributed by atoms with Crippen LogP contribution in [-0.4, -0.2) is 19.0 Å². The summed E-state index contributed by atoms with van der Waals surface area (Å²) in [6.07, 6.45) is 4.22. The highest BCUT2D eigenvalue weighted by atomic mass is 79.9. The van der Waals surface area contributed by atoms with Gasteiger partial charge in [0.25, 0.3) is 5.91 Å². The molecule has 0 spiro atoms. The van der Waals surface area contributed by atoms with Crippen molar-refractivity contribution >= 4 is 27.5 Å². The molecular formula is C21H20BrN3O. The number of amides is 1. The predicted octanol–water partition coefficient (Wildman–Crippen LogP) is 3.97. The van der Waals surface area contributed by atoms with Gasteiger partial charge in [-0.25, -0.2) is 0 Å². The number of rotatable bonds is 5. The maximum atomic E-state index is 12.8. The average Bonchev–Trinajstić information content (AvgIpc) is 2.68. The molecule has 2 aromatic rings. The number of hydrogen-bond donors (Lipinski definition) is 1. The van der Waals surface area contributed by atoms with Crippen LogP contribution in [0.2, 0.25) is 0 Å². The molecule has 0 saturated heterocycles. The molecule has 0 aliphatic carbocycles. The topological polar surface area (TPSA) is 56.1 Å². The van der Waals surface area contributed by atoms with Crippen LogP contribution in [0.5, 0.6) is 0 Å². The van der Waals surface area contributed by atoms with Gasteiger partial charge >= 0.3 is 0 Å². The maximum Gasteiger partial charge on any atom is 0.270 e. The molecular weight excluding hydrogens is 390 g/mol. The lowest BCUT2D eigenvalue weighted by Crippen LogP contribution is -2.36. The van der Waals surface area contributed by atoms with Crippen molar-refractivity contribution < 1.29 is 4.79 Å². The zero-order valence-corrected chi connectivity index (χ0v) is 16.0. The molecule has 4 nitrogen and oxygen atoms in total. The van der Waals surface area contributed by atoms with E-state index >= 15 is 0 Å². The molecule has 26 heavy (non-hydrogen) atoms. The van der Waals surface area contributed by atoms with Crippen LogP contribution in [0.15, 0.2) is 64.8 Å². The number of aryl methyl sites for hydroxylation is 1. The van der Waals surface area contributed by atoms with Crippen molar-refractivity contribution in [1.29, 1.82) is 5.26 Å². The van der Waals surface area contributed by atoms with Gasteiger partial charge in [-0.05, 0) is 42.5 Å². The van der Waals surface area contributed by atoms with Crippen LogP contribution in [0.3, 0.4) is 0 Å². The molecule has 0 fully saturated rings. The zero-order valence-electron chi connectivity index (χ0n) is 14.4. The van der Waals surface area contributed by atoms with Crippen molar-refractivity contribution in [3.05, 3.63) is 75.9 Å². The minimum absolute atomic E-state index is 0.133. The van der Waals surface area contributed by atoms with Crippen LogP contribution < -0.4 is 10.2 Å². The Hall–Kier alpha value is -2.58. The van der Waals surface area contributed by atoms with Crippen LogP contribution in [0, 0.1) is 11.3 Å². The van der Waals surface area contributed by atoms with E-state index in [2.05, 4.69) is 27.3 Å². The summed E-state index contributed by atoms with van der Waals surface area (Å²) >= 11 is 3.53. The van der Waals surface area contributed by atoms with Crippen molar-refractivity contribution in [2.45, 2.75) is 19.3 Å². The average molecular weight is 410 g/mol. The highest BCUT2D eigenvalue weighted by molar-refractivity contribution is 9.10. The second kappa shape index (κ2) is 8.68. The number of nitrogens with zero attached hydrogens (tertiary/aromatic N) is 2. The van der Waals surface area contributed by atoms with Gasteiger partial charge in [-0.3, -0.25) is 4.79 Å². The van der Waals surface area contributed by atoms with Crippen molar-refractivity contribution in [2.75, 3.05) is 18.0 Å². The summed E-state index contributed by atoms with van der Waals surface area (Å²) in [6.45, 7) is 1.30. The molecule has 0 atom stereocenters. The van der Waals surface area contributed by atoms with E-state index in [0.717, 1.165) is 35.0 Å². The minimum Gasteiger partial charge on any atom is -0.389 e. The molecule has 0 aromatic heterocycles. The Bertz CT molecular complexity index is 870. The van der Waals surface area contributed by atoms with Crippen LogP contribution in [0.4, 0.5) is 5.69 Å². The van der Waals surface area contributed by atoms with E-state index in [1.54, 1.807) is 4.90 Å². The van der Waals surface area contributed by atoms with E-state index < -0.39 is 0 Å². The molecule has 1 heterocycles. The molecule has 0 bridgehead atoms. The second-order valence-electron chi connectivity index (χ2n) is 6.15. The number of benzene rings is 2. The summed E-state index contributed by atoms with van der Waals surface area (Å²) in [5.74, 6) is -0.243. The van der Waals surface area contributed by atoms with E-state index in [-0.39, 0.29) is 11.5 Å². The van der Waals surface area contributed by atoms with E-state index in [1.165, 1.54) is 11.8 Å². The number of carbonyl (C=O) groups is 1. The number of para-hydroxylation sites is 1. The monoisotopic (exact) mass is 409 g/mol. The summed E-state index contributed by atoms with van der Waals surface area (Å²) in [5, 5.41) is 12.5. The maximum absolute atomic E-state index is 12.8. The van der Waals surface area contributed by atoms with Gasteiger partial charge in [0, 0.05) is 29.4 Å². The van der Waals surface area contributed by atoms with Crippen LogP contribution in [-0.2, 0) is 17.6 Å². The minimum atomic E-state index is -0.243. The Balaban J connectivity index is 1.65. The van der Waals surface area contributed by atoms with E-state index in [9.17, 15) is 10.1 Å². The highest BCUT2D eigenvalue weighted by Gasteiger charge is 2.24. The molecule has 1 aliphatic rings. The van der Waals surface area contributed by atoms with Crippen LogP contribution >= 0.6 is 15.9 Å². The quantitative estimate of drug-likeness (QED) is 0.461. The smallest absolute Gasteiger partial charge is 0.270 e. The summed E-state index contributed by atoms with van der Waals surface area (Å²) in [5.41, 5.74) is 3.39. The molecule has 0 radical (unpaired) electrons. The number of fused-ring (bicyclic) bond motifs is 1. The summed E-state index contributed by atoms with van der Waals surface area (Å²) in [7, 11) is 0. The number of nitrogens with one attached hydrogen (secondary N) is 1. The first-order chi connectivity index (χ1) is 12.7. The molecule has 5 heteroatoms. The SMILES string of the molecule is N#C/C(=C/NCCc1ccccc1Br)C(=O)N1CCCc2ccccc21. The number of nitriles is 1. The third kappa shape index (κ3) is 4.14. The molecule has 1 amide bonds. The van der Waals surface area contributed by atoms with Gasteiger partial charge in [0.2, 0.25) is 0 Å². The van der Waals surface area contributed by atoms with E-state index in [1.807, 2.05) is 48.5 Å². The van der Waals surface area contributed by atoms with Crippen molar-refractivity contribution in [3.63, 3.8) is 0 Å². The zero-order chi connectivity index (χ0) is 18.4. The summed E-state index contributed by atoms with van der Waals surface area (Å²) in [6, 6.07) is 18.0. The molecule has 3 rings (SSSR count). The largest absolute Gasteiger partial charge is 0.389 e. The van der Waals surface area contributed by atoms with E-state index in [4.69, 9.17) is 0 Å². The molecule has 0 unspecified atom stereocenters. The van der Waals surface area contributed by atoms with Crippen LogP contribution in [0.25, 0.3) is 0 Å². The Labute approximate surface area is 162 Å². The Morgan fingerprint density at radius 2 is 2.00 bits per heavy atom. The first-order valence-electron chi connectivity index (χ1n) is 8.67.